The highest BCUT2D eigenvalue weighted by Gasteiger charge is 2.31. The van der Waals surface area contributed by atoms with Crippen molar-refractivity contribution in [1.29, 1.82) is 0 Å². The van der Waals surface area contributed by atoms with Crippen LogP contribution in [0.5, 0.6) is 0 Å². The summed E-state index contributed by atoms with van der Waals surface area (Å²) < 4.78 is 0. The molecule has 2 aromatic heterocycles. The Morgan fingerprint density at radius 2 is 1.69 bits per heavy atom. The largest absolute Gasteiger partial charge is 0.352 e. The van der Waals surface area contributed by atoms with Gasteiger partial charge in [-0.15, -0.1) is 11.3 Å². The summed E-state index contributed by atoms with van der Waals surface area (Å²) in [6.45, 7) is 9.44. The normalized spacial score (nSPS) is 17.2. The van der Waals surface area contributed by atoms with E-state index < -0.39 is 0 Å². The van der Waals surface area contributed by atoms with E-state index in [1.165, 1.54) is 34.2 Å². The highest BCUT2D eigenvalue weighted by atomic mass is 32.1. The Labute approximate surface area is 175 Å². The minimum Gasteiger partial charge on any atom is -0.352 e. The summed E-state index contributed by atoms with van der Waals surface area (Å²) in [6, 6.07) is 7.86. The number of hydrogen-bond acceptors (Lipinski definition) is 5. The molecule has 3 heterocycles. The van der Waals surface area contributed by atoms with E-state index in [0.29, 0.717) is 5.92 Å². The molecule has 2 aliphatic rings. The van der Waals surface area contributed by atoms with E-state index in [2.05, 4.69) is 18.7 Å². The van der Waals surface area contributed by atoms with Crippen molar-refractivity contribution in [3.63, 3.8) is 0 Å². The lowest BCUT2D eigenvalue weighted by Gasteiger charge is -2.36. The van der Waals surface area contributed by atoms with E-state index in [-0.39, 0.29) is 5.91 Å². The summed E-state index contributed by atoms with van der Waals surface area (Å²) in [7, 11) is 0. The fourth-order valence-electron chi connectivity index (χ4n) is 4.00. The molecule has 0 N–H and O–H groups in total. The van der Waals surface area contributed by atoms with Crippen LogP contribution >= 0.6 is 11.3 Å². The van der Waals surface area contributed by atoms with Crippen LogP contribution in [0, 0.1) is 20.8 Å². The zero-order chi connectivity index (χ0) is 20.1. The Hall–Kier alpha value is -2.47. The number of aryl methyl sites for hydroxylation is 3. The molecule has 0 bridgehead atoms. The minimum absolute atomic E-state index is 0.124. The number of anilines is 1. The van der Waals surface area contributed by atoms with Gasteiger partial charge in [0.15, 0.2) is 0 Å². The van der Waals surface area contributed by atoms with Crippen molar-refractivity contribution in [2.45, 2.75) is 39.5 Å². The number of thiophene rings is 1. The Kier molecular flexibility index (Phi) is 4.54. The summed E-state index contributed by atoms with van der Waals surface area (Å²) >= 11 is 1.78. The van der Waals surface area contributed by atoms with Crippen molar-refractivity contribution in [2.75, 3.05) is 31.1 Å². The molecule has 0 atom stereocenters. The molecule has 1 saturated carbocycles. The molecule has 1 aliphatic heterocycles. The van der Waals surface area contributed by atoms with Crippen molar-refractivity contribution in [2.24, 2.45) is 0 Å². The Bertz CT molecular complexity index is 1080. The van der Waals surface area contributed by atoms with E-state index in [4.69, 9.17) is 9.97 Å². The number of carbonyl (C=O) groups is 1. The fraction of sp³-hybridized carbons (Fsp3) is 0.435. The van der Waals surface area contributed by atoms with E-state index >= 15 is 0 Å². The average Bonchev–Trinajstić information content (AvgIpc) is 3.54. The average molecular weight is 407 g/mol. The molecular weight excluding hydrogens is 380 g/mol. The molecule has 1 amide bonds. The second-order valence-corrected chi connectivity index (χ2v) is 9.49. The third-order valence-electron chi connectivity index (χ3n) is 6.13. The van der Waals surface area contributed by atoms with E-state index in [1.807, 2.05) is 36.1 Å². The van der Waals surface area contributed by atoms with E-state index in [0.717, 1.165) is 48.2 Å². The van der Waals surface area contributed by atoms with Crippen molar-refractivity contribution < 1.29 is 4.79 Å². The first-order valence-electron chi connectivity index (χ1n) is 10.4. The highest BCUT2D eigenvalue weighted by Crippen LogP contribution is 2.42. The molecule has 5 nitrogen and oxygen atoms in total. The van der Waals surface area contributed by atoms with Crippen LogP contribution in [0.1, 0.15) is 50.9 Å². The van der Waals surface area contributed by atoms with E-state index in [1.54, 1.807) is 11.3 Å². The van der Waals surface area contributed by atoms with E-state index in [9.17, 15) is 4.79 Å². The molecule has 6 heteroatoms. The first-order chi connectivity index (χ1) is 14.0. The second kappa shape index (κ2) is 7.10. The van der Waals surface area contributed by atoms with Crippen LogP contribution in [-0.2, 0) is 0 Å². The van der Waals surface area contributed by atoms with Crippen LogP contribution in [0.25, 0.3) is 10.2 Å². The third kappa shape index (κ3) is 3.39. The van der Waals surface area contributed by atoms with Gasteiger partial charge in [0.05, 0.1) is 5.39 Å². The van der Waals surface area contributed by atoms with Gasteiger partial charge in [-0.05, 0) is 51.3 Å². The summed E-state index contributed by atoms with van der Waals surface area (Å²) in [5, 5.41) is 1.20. The van der Waals surface area contributed by atoms with Crippen molar-refractivity contribution >= 4 is 33.3 Å². The molecule has 0 unspecified atom stereocenters. The van der Waals surface area contributed by atoms with Crippen LogP contribution in [0.2, 0.25) is 0 Å². The van der Waals surface area contributed by atoms with Gasteiger partial charge in [0.2, 0.25) is 0 Å². The summed E-state index contributed by atoms with van der Waals surface area (Å²) in [5.41, 5.74) is 3.24. The molecule has 150 valence electrons. The van der Waals surface area contributed by atoms with Gasteiger partial charge in [0.1, 0.15) is 16.5 Å². The summed E-state index contributed by atoms with van der Waals surface area (Å²) in [5.74, 6) is 2.73. The molecule has 0 radical (unpaired) electrons. The van der Waals surface area contributed by atoms with Crippen LogP contribution < -0.4 is 4.90 Å². The maximum atomic E-state index is 12.9. The molecule has 5 rings (SSSR count). The number of benzene rings is 1. The molecule has 3 aromatic rings. The zero-order valence-electron chi connectivity index (χ0n) is 17.2. The van der Waals surface area contributed by atoms with Gasteiger partial charge in [0, 0.05) is 42.5 Å². The zero-order valence-corrected chi connectivity index (χ0v) is 18.1. The highest BCUT2D eigenvalue weighted by molar-refractivity contribution is 7.18. The van der Waals surface area contributed by atoms with Gasteiger partial charge in [-0.25, -0.2) is 9.97 Å². The molecule has 0 spiro atoms. The Balaban J connectivity index is 1.40. The molecule has 1 aliphatic carbocycles. The van der Waals surface area contributed by atoms with Crippen molar-refractivity contribution in [3.05, 3.63) is 51.7 Å². The smallest absolute Gasteiger partial charge is 0.253 e. The lowest BCUT2D eigenvalue weighted by atomic mass is 10.1. The molecule has 29 heavy (non-hydrogen) atoms. The number of nitrogens with zero attached hydrogens (tertiary/aromatic N) is 4. The van der Waals surface area contributed by atoms with Gasteiger partial charge in [-0.1, -0.05) is 17.7 Å². The van der Waals surface area contributed by atoms with Crippen molar-refractivity contribution in [3.8, 4) is 0 Å². The standard InChI is InChI=1S/C23H26N4OS/c1-14-4-6-18(7-5-14)23(28)27-12-10-26(11-13-27)21-19-15(2)16(3)29-22(19)25-20(24-21)17-8-9-17/h4-7,17H,8-13H2,1-3H3. The first kappa shape index (κ1) is 18.6. The van der Waals surface area contributed by atoms with Gasteiger partial charge in [-0.3, -0.25) is 4.79 Å². The number of hydrogen-bond donors (Lipinski definition) is 0. The number of fused-ring (bicyclic) bond motifs is 1. The number of aromatic nitrogens is 2. The lowest BCUT2D eigenvalue weighted by molar-refractivity contribution is 0.0746. The SMILES string of the molecule is Cc1ccc(C(=O)N2CCN(c3nc(C4CC4)nc4sc(C)c(C)c34)CC2)cc1. The quantitative estimate of drug-likeness (QED) is 0.644. The predicted octanol–water partition coefficient (Wildman–Crippen LogP) is 4.46. The molecule has 1 saturated heterocycles. The number of carbonyl (C=O) groups excluding carboxylic acids is 1. The lowest BCUT2D eigenvalue weighted by Crippen LogP contribution is -2.49. The Morgan fingerprint density at radius 3 is 2.34 bits per heavy atom. The monoisotopic (exact) mass is 406 g/mol. The van der Waals surface area contributed by atoms with Gasteiger partial charge in [-0.2, -0.15) is 0 Å². The van der Waals surface area contributed by atoms with Crippen molar-refractivity contribution in [1.82, 2.24) is 14.9 Å². The molecule has 1 aromatic carbocycles. The third-order valence-corrected chi connectivity index (χ3v) is 7.24. The number of rotatable bonds is 3. The molecular formula is C23H26N4OS. The molecule has 2 fully saturated rings. The maximum absolute atomic E-state index is 12.9. The number of piperazine rings is 1. The maximum Gasteiger partial charge on any atom is 0.253 e. The van der Waals surface area contributed by atoms with Crippen LogP contribution in [-0.4, -0.2) is 47.0 Å². The minimum atomic E-state index is 0.124. The van der Waals surface area contributed by atoms with Gasteiger partial charge in [0.25, 0.3) is 5.91 Å². The Morgan fingerprint density at radius 1 is 1.00 bits per heavy atom. The second-order valence-electron chi connectivity index (χ2n) is 8.29. The predicted molar refractivity (Wildman–Crippen MR) is 118 cm³/mol. The first-order valence-corrected chi connectivity index (χ1v) is 11.2. The van der Waals surface area contributed by atoms with Gasteiger partial charge >= 0.3 is 0 Å². The van der Waals surface area contributed by atoms with Crippen LogP contribution in [0.4, 0.5) is 5.82 Å². The number of amides is 1. The summed E-state index contributed by atoms with van der Waals surface area (Å²) in [4.78, 5) is 29.5. The van der Waals surface area contributed by atoms with Gasteiger partial charge < -0.3 is 9.80 Å². The fourth-order valence-corrected chi connectivity index (χ4v) is 5.03. The van der Waals surface area contributed by atoms with Crippen LogP contribution in [0.3, 0.4) is 0 Å². The van der Waals surface area contributed by atoms with Crippen LogP contribution in [0.15, 0.2) is 24.3 Å². The summed E-state index contributed by atoms with van der Waals surface area (Å²) in [6.07, 6.45) is 2.40. The topological polar surface area (TPSA) is 49.3 Å².